The maximum absolute atomic E-state index is 13.4. The molecular weight excluding hydrogens is 312 g/mol. The number of carbonyl (C=O) groups excluding carboxylic acids is 1. The van der Waals surface area contributed by atoms with E-state index in [2.05, 4.69) is 10.6 Å². The first kappa shape index (κ1) is 16.8. The van der Waals surface area contributed by atoms with Crippen LogP contribution in [0.1, 0.15) is 11.1 Å². The van der Waals surface area contributed by atoms with Crippen LogP contribution in [0.2, 0.25) is 0 Å². The van der Waals surface area contributed by atoms with Gasteiger partial charge in [0, 0.05) is 11.4 Å². The van der Waals surface area contributed by atoms with Crippen LogP contribution in [0, 0.1) is 12.7 Å². The number of rotatable bonds is 4. The summed E-state index contributed by atoms with van der Waals surface area (Å²) >= 11 is 0. The minimum Gasteiger partial charge on any atom is -0.376 e. The largest absolute Gasteiger partial charge is 0.416 e. The van der Waals surface area contributed by atoms with Gasteiger partial charge in [-0.2, -0.15) is 13.2 Å². The third-order valence-electron chi connectivity index (χ3n) is 3.10. The quantitative estimate of drug-likeness (QED) is 0.827. The van der Waals surface area contributed by atoms with E-state index in [1.807, 2.05) is 0 Å². The van der Waals surface area contributed by atoms with Crippen molar-refractivity contribution < 1.29 is 22.4 Å². The van der Waals surface area contributed by atoms with Crippen LogP contribution in [-0.2, 0) is 11.0 Å². The Hall–Kier alpha value is -2.57. The van der Waals surface area contributed by atoms with Gasteiger partial charge in [-0.05, 0) is 42.8 Å². The molecule has 2 aromatic carbocycles. The van der Waals surface area contributed by atoms with Crippen molar-refractivity contribution in [3.05, 3.63) is 59.4 Å². The number of carbonyl (C=O) groups is 1. The van der Waals surface area contributed by atoms with Gasteiger partial charge in [-0.15, -0.1) is 0 Å². The van der Waals surface area contributed by atoms with Crippen LogP contribution in [0.4, 0.5) is 28.9 Å². The number of aryl methyl sites for hydroxylation is 1. The van der Waals surface area contributed by atoms with Crippen LogP contribution in [0.5, 0.6) is 0 Å². The lowest BCUT2D eigenvalue weighted by Gasteiger charge is -2.11. The number of nitrogens with one attached hydrogen (secondary N) is 2. The van der Waals surface area contributed by atoms with Crippen molar-refractivity contribution in [1.82, 2.24) is 0 Å². The Morgan fingerprint density at radius 1 is 1.09 bits per heavy atom. The maximum atomic E-state index is 13.4. The molecule has 3 nitrogen and oxygen atoms in total. The monoisotopic (exact) mass is 326 g/mol. The number of halogens is 4. The van der Waals surface area contributed by atoms with Crippen LogP contribution in [-0.4, -0.2) is 12.5 Å². The lowest BCUT2D eigenvalue weighted by atomic mass is 10.2. The van der Waals surface area contributed by atoms with E-state index < -0.39 is 23.5 Å². The first-order valence-corrected chi connectivity index (χ1v) is 6.73. The van der Waals surface area contributed by atoms with Crippen molar-refractivity contribution in [2.75, 3.05) is 17.2 Å². The third kappa shape index (κ3) is 4.70. The molecule has 1 amide bonds. The highest BCUT2D eigenvalue weighted by Gasteiger charge is 2.30. The molecule has 0 heterocycles. The summed E-state index contributed by atoms with van der Waals surface area (Å²) in [5.41, 5.74) is 0.0996. The van der Waals surface area contributed by atoms with Crippen molar-refractivity contribution >= 4 is 17.3 Å². The molecule has 0 spiro atoms. The number of alkyl halides is 3. The van der Waals surface area contributed by atoms with Gasteiger partial charge in [0.15, 0.2) is 0 Å². The van der Waals surface area contributed by atoms with Crippen molar-refractivity contribution in [3.63, 3.8) is 0 Å². The fourth-order valence-electron chi connectivity index (χ4n) is 1.86. The summed E-state index contributed by atoms with van der Waals surface area (Å²) < 4.78 is 51.1. The number of amides is 1. The van der Waals surface area contributed by atoms with Crippen molar-refractivity contribution in [3.8, 4) is 0 Å². The molecule has 0 saturated heterocycles. The Balaban J connectivity index is 1.95. The normalized spacial score (nSPS) is 11.2. The minimum absolute atomic E-state index is 0.171. The van der Waals surface area contributed by atoms with Gasteiger partial charge >= 0.3 is 6.18 Å². The molecule has 2 aromatic rings. The van der Waals surface area contributed by atoms with Crippen molar-refractivity contribution in [1.29, 1.82) is 0 Å². The van der Waals surface area contributed by atoms with Gasteiger partial charge in [0.05, 0.1) is 12.1 Å². The fourth-order valence-corrected chi connectivity index (χ4v) is 1.86. The standard InChI is InChI=1S/C16H14F4N2O/c1-10-5-6-13(8-14(10)17)22-15(23)9-21-12-4-2-3-11(7-12)16(18,19)20/h2-8,21H,9H2,1H3,(H,22,23). The lowest BCUT2D eigenvalue weighted by Crippen LogP contribution is -2.22. The van der Waals surface area contributed by atoms with Gasteiger partial charge in [0.2, 0.25) is 5.91 Å². The van der Waals surface area contributed by atoms with E-state index in [0.717, 1.165) is 12.1 Å². The van der Waals surface area contributed by atoms with Crippen molar-refractivity contribution in [2.45, 2.75) is 13.1 Å². The van der Waals surface area contributed by atoms with Crippen LogP contribution in [0.15, 0.2) is 42.5 Å². The zero-order valence-electron chi connectivity index (χ0n) is 12.2. The molecule has 0 fully saturated rings. The minimum atomic E-state index is -4.45. The van der Waals surface area contributed by atoms with E-state index in [1.54, 1.807) is 13.0 Å². The highest BCUT2D eigenvalue weighted by molar-refractivity contribution is 5.93. The predicted octanol–water partition coefficient (Wildman–Crippen LogP) is 4.20. The summed E-state index contributed by atoms with van der Waals surface area (Å²) in [5, 5.41) is 5.06. The van der Waals surface area contributed by atoms with Gasteiger partial charge < -0.3 is 10.6 Å². The molecule has 0 aliphatic rings. The first-order valence-electron chi connectivity index (χ1n) is 6.73. The van der Waals surface area contributed by atoms with Gasteiger partial charge in [-0.1, -0.05) is 12.1 Å². The molecule has 0 saturated carbocycles. The Morgan fingerprint density at radius 2 is 1.83 bits per heavy atom. The highest BCUT2D eigenvalue weighted by Crippen LogP contribution is 2.30. The highest BCUT2D eigenvalue weighted by atomic mass is 19.4. The Kier molecular flexibility index (Phi) is 4.88. The second-order valence-corrected chi connectivity index (χ2v) is 4.94. The molecule has 23 heavy (non-hydrogen) atoms. The van der Waals surface area contributed by atoms with Crippen LogP contribution in [0.25, 0.3) is 0 Å². The molecule has 122 valence electrons. The summed E-state index contributed by atoms with van der Waals surface area (Å²) in [6.07, 6.45) is -4.45. The zero-order chi connectivity index (χ0) is 17.0. The van der Waals surface area contributed by atoms with Crippen LogP contribution in [0.3, 0.4) is 0 Å². The number of hydrogen-bond donors (Lipinski definition) is 2. The Bertz CT molecular complexity index is 713. The number of hydrogen-bond acceptors (Lipinski definition) is 2. The van der Waals surface area contributed by atoms with E-state index in [9.17, 15) is 22.4 Å². The summed E-state index contributed by atoms with van der Waals surface area (Å²) in [4.78, 5) is 11.7. The topological polar surface area (TPSA) is 41.1 Å². The molecule has 0 aromatic heterocycles. The van der Waals surface area contributed by atoms with Gasteiger partial charge in [-0.25, -0.2) is 4.39 Å². The molecule has 0 bridgehead atoms. The second kappa shape index (κ2) is 6.68. The molecule has 0 aliphatic heterocycles. The SMILES string of the molecule is Cc1ccc(NC(=O)CNc2cccc(C(F)(F)F)c2)cc1F. The predicted molar refractivity (Wildman–Crippen MR) is 79.7 cm³/mol. The average molecular weight is 326 g/mol. The van der Waals surface area contributed by atoms with E-state index >= 15 is 0 Å². The smallest absolute Gasteiger partial charge is 0.376 e. The first-order chi connectivity index (χ1) is 10.8. The van der Waals surface area contributed by atoms with Gasteiger partial charge in [0.25, 0.3) is 0 Å². The molecule has 0 atom stereocenters. The summed E-state index contributed by atoms with van der Waals surface area (Å²) in [5.74, 6) is -0.945. The maximum Gasteiger partial charge on any atom is 0.416 e. The van der Waals surface area contributed by atoms with Crippen LogP contribution < -0.4 is 10.6 Å². The van der Waals surface area contributed by atoms with E-state index in [0.29, 0.717) is 5.56 Å². The Morgan fingerprint density at radius 3 is 2.48 bits per heavy atom. The van der Waals surface area contributed by atoms with E-state index in [1.165, 1.54) is 24.3 Å². The number of anilines is 2. The summed E-state index contributed by atoms with van der Waals surface area (Å²) in [6.45, 7) is 1.35. The molecule has 7 heteroatoms. The fraction of sp³-hybridized carbons (Fsp3) is 0.188. The second-order valence-electron chi connectivity index (χ2n) is 4.94. The molecule has 0 unspecified atom stereocenters. The molecule has 0 radical (unpaired) electrons. The van der Waals surface area contributed by atoms with Crippen molar-refractivity contribution in [2.24, 2.45) is 0 Å². The Labute approximate surface area is 130 Å². The third-order valence-corrected chi connectivity index (χ3v) is 3.10. The van der Waals surface area contributed by atoms with Crippen LogP contribution >= 0.6 is 0 Å². The lowest BCUT2D eigenvalue weighted by molar-refractivity contribution is -0.137. The molecule has 2 N–H and O–H groups in total. The number of benzene rings is 2. The molecular formula is C16H14F4N2O. The summed E-state index contributed by atoms with van der Waals surface area (Å²) in [6, 6.07) is 8.77. The van der Waals surface area contributed by atoms with E-state index in [4.69, 9.17) is 0 Å². The van der Waals surface area contributed by atoms with Gasteiger partial charge in [-0.3, -0.25) is 4.79 Å². The van der Waals surface area contributed by atoms with Gasteiger partial charge in [0.1, 0.15) is 5.82 Å². The molecule has 0 aliphatic carbocycles. The zero-order valence-corrected chi connectivity index (χ0v) is 12.2. The molecule has 2 rings (SSSR count). The van der Waals surface area contributed by atoms with E-state index in [-0.39, 0.29) is 17.9 Å². The summed E-state index contributed by atoms with van der Waals surface area (Å²) in [7, 11) is 0. The average Bonchev–Trinajstić information content (AvgIpc) is 2.48.